The molecule has 1 unspecified atom stereocenters. The van der Waals surface area contributed by atoms with Gasteiger partial charge in [0, 0.05) is 12.1 Å². The van der Waals surface area contributed by atoms with Gasteiger partial charge in [-0.3, -0.25) is 4.79 Å². The van der Waals surface area contributed by atoms with E-state index in [0.717, 1.165) is 15.9 Å². The minimum Gasteiger partial charge on any atom is -0.873 e. The molecule has 7 heteroatoms. The van der Waals surface area contributed by atoms with E-state index in [2.05, 4.69) is 0 Å². The van der Waals surface area contributed by atoms with Crippen molar-refractivity contribution in [3.05, 3.63) is 102 Å². The maximum Gasteiger partial charge on any atom is 0.246 e. The Morgan fingerprint density at radius 3 is 1.61 bits per heavy atom. The second-order valence-corrected chi connectivity index (χ2v) is 13.9. The van der Waals surface area contributed by atoms with Crippen molar-refractivity contribution in [3.63, 3.8) is 0 Å². The molecule has 0 saturated carbocycles. The van der Waals surface area contributed by atoms with Gasteiger partial charge in [0.2, 0.25) is 15.8 Å². The van der Waals surface area contributed by atoms with E-state index in [4.69, 9.17) is 0 Å². The predicted octanol–water partition coefficient (Wildman–Crippen LogP) is 1.93. The lowest BCUT2D eigenvalue weighted by Crippen LogP contribution is -2.58. The fourth-order valence-corrected chi connectivity index (χ4v) is 11.2. The molecule has 3 aromatic carbocycles. The van der Waals surface area contributed by atoms with Crippen molar-refractivity contribution in [1.82, 2.24) is 4.31 Å². The summed E-state index contributed by atoms with van der Waals surface area (Å²) in [4.78, 5) is 13.3. The van der Waals surface area contributed by atoms with Crippen LogP contribution in [0.4, 0.5) is 0 Å². The van der Waals surface area contributed by atoms with Gasteiger partial charge in [-0.05, 0) is 49.7 Å². The van der Waals surface area contributed by atoms with Crippen molar-refractivity contribution in [3.8, 4) is 0 Å². The summed E-state index contributed by atoms with van der Waals surface area (Å²) in [5.41, 5.74) is -1.11. The minimum atomic E-state index is -4.09. The fraction of sp³-hybridized carbons (Fsp3) is 0.192. The van der Waals surface area contributed by atoms with Crippen LogP contribution in [0.15, 0.2) is 102 Å². The monoisotopic (exact) mass is 477 g/mol. The summed E-state index contributed by atoms with van der Waals surface area (Å²) in [6.45, 7) is 1.89. The molecule has 0 amide bonds. The van der Waals surface area contributed by atoms with Crippen LogP contribution >= 0.6 is 7.26 Å². The van der Waals surface area contributed by atoms with E-state index < -0.39 is 39.3 Å². The lowest BCUT2D eigenvalue weighted by atomic mass is 9.87. The summed E-state index contributed by atoms with van der Waals surface area (Å²) in [5, 5.41) is 16.1. The number of ketones is 1. The molecule has 1 atom stereocenters. The molecule has 0 aliphatic carbocycles. The van der Waals surface area contributed by atoms with Gasteiger partial charge in [-0.2, -0.15) is 4.31 Å². The Balaban J connectivity index is 1.73. The zero-order valence-electron chi connectivity index (χ0n) is 18.2. The summed E-state index contributed by atoms with van der Waals surface area (Å²) in [7, 11) is -6.68. The molecule has 5 nitrogen and oxygen atoms in total. The molecule has 0 bridgehead atoms. The number of fused-ring (bicyclic) bond motifs is 1. The molecular weight excluding hydrogens is 453 g/mol. The molecule has 2 heterocycles. The Bertz CT molecular complexity index is 1240. The SMILES string of the molecule is CC12CCN1S(=O)(=O)C(C(=O)C[P+](c1ccccc1)(c1ccccc1)c1ccccc1)=C2[O-]. The highest BCUT2D eigenvalue weighted by molar-refractivity contribution is 7.97. The van der Waals surface area contributed by atoms with E-state index in [-0.39, 0.29) is 12.7 Å². The molecule has 1 fully saturated rings. The van der Waals surface area contributed by atoms with Gasteiger partial charge < -0.3 is 5.11 Å². The summed E-state index contributed by atoms with van der Waals surface area (Å²) in [5.74, 6) is -1.16. The molecule has 168 valence electrons. The van der Waals surface area contributed by atoms with Crippen molar-refractivity contribution < 1.29 is 18.3 Å². The van der Waals surface area contributed by atoms with E-state index >= 15 is 0 Å². The second-order valence-electron chi connectivity index (χ2n) is 8.66. The lowest BCUT2D eigenvalue weighted by Gasteiger charge is -2.47. The highest BCUT2D eigenvalue weighted by Crippen LogP contribution is 2.57. The van der Waals surface area contributed by atoms with Crippen LogP contribution in [0, 0.1) is 0 Å². The first-order chi connectivity index (χ1) is 15.8. The Hall–Kier alpha value is -2.79. The van der Waals surface area contributed by atoms with Gasteiger partial charge in [0.15, 0.2) is 0 Å². The fourth-order valence-electron chi connectivity index (χ4n) is 4.95. The number of hydrogen-bond donors (Lipinski definition) is 0. The van der Waals surface area contributed by atoms with Crippen LogP contribution in [0.3, 0.4) is 0 Å². The Morgan fingerprint density at radius 2 is 1.30 bits per heavy atom. The Morgan fingerprint density at radius 1 is 0.879 bits per heavy atom. The molecule has 3 aromatic rings. The number of Topliss-reactive ketones (excluding diaryl/α,β-unsaturated/α-hetero) is 1. The maximum atomic E-state index is 13.8. The summed E-state index contributed by atoms with van der Waals surface area (Å²) < 4.78 is 27.5. The topological polar surface area (TPSA) is 77.5 Å². The number of allylic oxidation sites excluding steroid dienone is 1. The first-order valence-electron chi connectivity index (χ1n) is 10.8. The number of sulfonamides is 1. The zero-order chi connectivity index (χ0) is 23.3. The van der Waals surface area contributed by atoms with Gasteiger partial charge in [-0.25, -0.2) is 8.42 Å². The maximum absolute atomic E-state index is 13.8. The van der Waals surface area contributed by atoms with E-state index in [1.807, 2.05) is 91.0 Å². The molecule has 2 aliphatic rings. The Labute approximate surface area is 194 Å². The molecular formula is C26H24NO4PS. The smallest absolute Gasteiger partial charge is 0.246 e. The largest absolute Gasteiger partial charge is 0.873 e. The van der Waals surface area contributed by atoms with Crippen LogP contribution in [0.25, 0.3) is 0 Å². The average Bonchev–Trinajstić information content (AvgIpc) is 2.92. The van der Waals surface area contributed by atoms with Crippen LogP contribution in [0.2, 0.25) is 0 Å². The van der Waals surface area contributed by atoms with Crippen molar-refractivity contribution in [2.45, 2.75) is 18.9 Å². The second kappa shape index (κ2) is 7.91. The van der Waals surface area contributed by atoms with Crippen molar-refractivity contribution in [1.29, 1.82) is 0 Å². The van der Waals surface area contributed by atoms with Crippen molar-refractivity contribution in [2.75, 3.05) is 12.7 Å². The highest BCUT2D eigenvalue weighted by Gasteiger charge is 2.58. The number of rotatable bonds is 6. The number of hydrogen-bond acceptors (Lipinski definition) is 4. The first-order valence-corrected chi connectivity index (χ1v) is 14.3. The van der Waals surface area contributed by atoms with Gasteiger partial charge in [0.1, 0.15) is 34.2 Å². The molecule has 5 rings (SSSR count). The van der Waals surface area contributed by atoms with Crippen molar-refractivity contribution >= 4 is 39.0 Å². The third-order valence-electron chi connectivity index (χ3n) is 6.82. The van der Waals surface area contributed by atoms with E-state index in [1.165, 1.54) is 4.31 Å². The summed E-state index contributed by atoms with van der Waals surface area (Å²) in [6, 6.07) is 29.3. The zero-order valence-corrected chi connectivity index (χ0v) is 19.9. The quantitative estimate of drug-likeness (QED) is 0.509. The van der Waals surface area contributed by atoms with Crippen LogP contribution in [-0.2, 0) is 14.8 Å². The predicted molar refractivity (Wildman–Crippen MR) is 131 cm³/mol. The van der Waals surface area contributed by atoms with Crippen molar-refractivity contribution in [2.24, 2.45) is 0 Å². The highest BCUT2D eigenvalue weighted by atomic mass is 32.2. The van der Waals surface area contributed by atoms with Gasteiger partial charge >= 0.3 is 0 Å². The number of benzene rings is 3. The minimum absolute atomic E-state index is 0.0603. The number of carbonyl (C=O) groups excluding carboxylic acids is 1. The molecule has 0 N–H and O–H groups in total. The lowest BCUT2D eigenvalue weighted by molar-refractivity contribution is -0.326. The molecule has 0 spiro atoms. The molecule has 33 heavy (non-hydrogen) atoms. The van der Waals surface area contributed by atoms with Gasteiger partial charge in [0.05, 0.1) is 0 Å². The van der Waals surface area contributed by atoms with Gasteiger partial charge in [0.25, 0.3) is 0 Å². The number of carbonyl (C=O) groups is 1. The van der Waals surface area contributed by atoms with Crippen LogP contribution in [-0.4, -0.2) is 36.8 Å². The number of nitrogens with zero attached hydrogens (tertiary/aromatic N) is 1. The first kappa shape index (κ1) is 22.0. The van der Waals surface area contributed by atoms with Gasteiger partial charge in [-0.1, -0.05) is 60.4 Å². The van der Waals surface area contributed by atoms with Gasteiger partial charge in [-0.15, -0.1) is 0 Å². The normalized spacial score (nSPS) is 22.0. The molecule has 2 aliphatic heterocycles. The average molecular weight is 478 g/mol. The summed E-state index contributed by atoms with van der Waals surface area (Å²) in [6.07, 6.45) is 0.382. The molecule has 0 aromatic heterocycles. The molecule has 1 saturated heterocycles. The standard InChI is InChI=1S/C26H24NO4PS/c1-26-17-18-27(26)33(30,31)24(25(26)29)23(28)19-32(20-11-5-2-6-12-20,21-13-7-3-8-14-21)22-15-9-4-10-16-22/h2-16H,17-19H2,1H3. The van der Waals surface area contributed by atoms with E-state index in [9.17, 15) is 18.3 Å². The van der Waals surface area contributed by atoms with E-state index in [1.54, 1.807) is 6.92 Å². The van der Waals surface area contributed by atoms with Crippen LogP contribution < -0.4 is 21.0 Å². The third-order valence-corrected chi connectivity index (χ3v) is 13.2. The summed E-state index contributed by atoms with van der Waals surface area (Å²) >= 11 is 0. The van der Waals surface area contributed by atoms with Crippen LogP contribution in [0.5, 0.6) is 0 Å². The molecule has 0 radical (unpaired) electrons. The van der Waals surface area contributed by atoms with E-state index in [0.29, 0.717) is 6.42 Å². The third kappa shape index (κ3) is 3.20. The van der Waals surface area contributed by atoms with Crippen LogP contribution in [0.1, 0.15) is 13.3 Å². The Kier molecular flexibility index (Phi) is 5.28.